The minimum Gasteiger partial charge on any atom is -0.497 e. The Kier molecular flexibility index (Phi) is 7.21. The monoisotopic (exact) mass is 528 g/mol. The van der Waals surface area contributed by atoms with Crippen LogP contribution in [0.25, 0.3) is 22.2 Å². The van der Waals surface area contributed by atoms with Gasteiger partial charge in [-0.25, -0.2) is 9.78 Å². The van der Waals surface area contributed by atoms with Crippen molar-refractivity contribution in [3.63, 3.8) is 0 Å². The van der Waals surface area contributed by atoms with Gasteiger partial charge in [0.25, 0.3) is 5.91 Å². The van der Waals surface area contributed by atoms with Crippen LogP contribution < -0.4 is 10.1 Å². The molecule has 0 bridgehead atoms. The van der Waals surface area contributed by atoms with Crippen molar-refractivity contribution in [3.8, 4) is 17.0 Å². The number of carbonyl (C=O) groups is 2. The highest BCUT2D eigenvalue weighted by molar-refractivity contribution is 7.17. The summed E-state index contributed by atoms with van der Waals surface area (Å²) < 4.78 is 10.9. The average molecular weight is 529 g/mol. The molecule has 0 saturated carbocycles. The first-order valence-corrected chi connectivity index (χ1v) is 13.8. The van der Waals surface area contributed by atoms with Gasteiger partial charge in [-0.1, -0.05) is 25.1 Å². The second-order valence-electron chi connectivity index (χ2n) is 10.2. The number of methoxy groups -OCH3 is 1. The summed E-state index contributed by atoms with van der Waals surface area (Å²) in [7, 11) is 1.63. The summed E-state index contributed by atoms with van der Waals surface area (Å²) >= 11 is 1.50. The maximum absolute atomic E-state index is 14.0. The SMILES string of the molecule is COc1ccc(-c2nc3ccccc3c(C(=O)Nc3sc4c(c3C(=O)OC(C)C)CCC(C)C4)c2C)cc1. The molecule has 1 atom stereocenters. The van der Waals surface area contributed by atoms with Gasteiger partial charge in [0, 0.05) is 15.8 Å². The molecular weight excluding hydrogens is 496 g/mol. The molecule has 0 spiro atoms. The Hall–Kier alpha value is -3.71. The molecule has 38 heavy (non-hydrogen) atoms. The second kappa shape index (κ2) is 10.6. The minimum absolute atomic E-state index is 0.248. The normalized spacial score (nSPS) is 14.8. The molecule has 2 aromatic heterocycles. The van der Waals surface area contributed by atoms with Crippen LogP contribution in [0.2, 0.25) is 0 Å². The number of aromatic nitrogens is 1. The highest BCUT2D eigenvalue weighted by Gasteiger charge is 2.30. The number of hydrogen-bond acceptors (Lipinski definition) is 6. The summed E-state index contributed by atoms with van der Waals surface area (Å²) in [6.07, 6.45) is 2.47. The Labute approximate surface area is 227 Å². The molecule has 1 N–H and O–H groups in total. The largest absolute Gasteiger partial charge is 0.497 e. The number of thiophene rings is 1. The minimum atomic E-state index is -0.377. The maximum atomic E-state index is 14.0. The number of pyridine rings is 1. The first-order valence-electron chi connectivity index (χ1n) is 13.0. The summed E-state index contributed by atoms with van der Waals surface area (Å²) in [5.41, 5.74) is 5.19. The number of anilines is 1. The number of esters is 1. The summed E-state index contributed by atoms with van der Waals surface area (Å²) in [6.45, 7) is 7.82. The highest BCUT2D eigenvalue weighted by Crippen LogP contribution is 2.41. The number of para-hydroxylation sites is 1. The lowest BCUT2D eigenvalue weighted by molar-refractivity contribution is 0.0378. The van der Waals surface area contributed by atoms with Gasteiger partial charge >= 0.3 is 5.97 Å². The Morgan fingerprint density at radius 2 is 1.82 bits per heavy atom. The van der Waals surface area contributed by atoms with Crippen molar-refractivity contribution in [1.82, 2.24) is 4.98 Å². The van der Waals surface area contributed by atoms with Crippen LogP contribution in [0.5, 0.6) is 5.75 Å². The molecule has 4 aromatic rings. The molecular formula is C31H32N2O4S. The topological polar surface area (TPSA) is 77.5 Å². The third kappa shape index (κ3) is 4.90. The first kappa shape index (κ1) is 25.9. The van der Waals surface area contributed by atoms with Gasteiger partial charge in [-0.15, -0.1) is 11.3 Å². The lowest BCUT2D eigenvalue weighted by atomic mass is 9.88. The van der Waals surface area contributed by atoms with Gasteiger partial charge in [0.15, 0.2) is 0 Å². The number of benzene rings is 2. The summed E-state index contributed by atoms with van der Waals surface area (Å²) in [6, 6.07) is 15.3. The molecule has 1 unspecified atom stereocenters. The number of amides is 1. The molecule has 2 heterocycles. The Morgan fingerprint density at radius 3 is 2.53 bits per heavy atom. The zero-order valence-electron chi connectivity index (χ0n) is 22.4. The van der Waals surface area contributed by atoms with Crippen molar-refractivity contribution in [2.45, 2.75) is 53.1 Å². The zero-order chi connectivity index (χ0) is 27.0. The van der Waals surface area contributed by atoms with Crippen LogP contribution in [0.4, 0.5) is 5.00 Å². The van der Waals surface area contributed by atoms with E-state index in [0.29, 0.717) is 22.0 Å². The number of carbonyl (C=O) groups excluding carboxylic acids is 2. The Bertz CT molecular complexity index is 1520. The molecule has 196 valence electrons. The van der Waals surface area contributed by atoms with Crippen LogP contribution in [0.15, 0.2) is 48.5 Å². The zero-order valence-corrected chi connectivity index (χ0v) is 23.2. The molecule has 1 aliphatic rings. The average Bonchev–Trinajstić information content (AvgIpc) is 3.24. The molecule has 0 saturated heterocycles. The van der Waals surface area contributed by atoms with Crippen LogP contribution >= 0.6 is 11.3 Å². The van der Waals surface area contributed by atoms with E-state index in [2.05, 4.69) is 12.2 Å². The van der Waals surface area contributed by atoms with Crippen molar-refractivity contribution in [2.75, 3.05) is 12.4 Å². The molecule has 5 rings (SSSR count). The molecule has 1 aliphatic carbocycles. The molecule has 0 aliphatic heterocycles. The lowest BCUT2D eigenvalue weighted by Gasteiger charge is -2.19. The molecule has 2 aromatic carbocycles. The third-order valence-electron chi connectivity index (χ3n) is 7.01. The molecule has 0 fully saturated rings. The van der Waals surface area contributed by atoms with Gasteiger partial charge in [0.1, 0.15) is 10.8 Å². The summed E-state index contributed by atoms with van der Waals surface area (Å²) in [5, 5.41) is 4.44. The van der Waals surface area contributed by atoms with E-state index >= 15 is 0 Å². The van der Waals surface area contributed by atoms with Gasteiger partial charge in [-0.3, -0.25) is 4.79 Å². The van der Waals surface area contributed by atoms with Crippen molar-refractivity contribution in [2.24, 2.45) is 5.92 Å². The highest BCUT2D eigenvalue weighted by atomic mass is 32.1. The fraction of sp³-hybridized carbons (Fsp3) is 0.323. The predicted octanol–water partition coefficient (Wildman–Crippen LogP) is 7.22. The Balaban J connectivity index is 1.60. The second-order valence-corrected chi connectivity index (χ2v) is 11.3. The number of hydrogen-bond donors (Lipinski definition) is 1. The van der Waals surface area contributed by atoms with E-state index in [1.54, 1.807) is 7.11 Å². The predicted molar refractivity (Wildman–Crippen MR) is 152 cm³/mol. The maximum Gasteiger partial charge on any atom is 0.341 e. The van der Waals surface area contributed by atoms with Crippen molar-refractivity contribution in [1.29, 1.82) is 0 Å². The van der Waals surface area contributed by atoms with Gasteiger partial charge < -0.3 is 14.8 Å². The number of rotatable bonds is 6. The summed E-state index contributed by atoms with van der Waals surface area (Å²) in [4.78, 5) is 33.3. The quantitative estimate of drug-likeness (QED) is 0.267. The van der Waals surface area contributed by atoms with Crippen LogP contribution in [-0.2, 0) is 17.6 Å². The van der Waals surface area contributed by atoms with E-state index in [1.165, 1.54) is 11.3 Å². The third-order valence-corrected chi connectivity index (χ3v) is 8.18. The molecule has 7 heteroatoms. The van der Waals surface area contributed by atoms with E-state index in [-0.39, 0.29) is 18.0 Å². The van der Waals surface area contributed by atoms with Crippen molar-refractivity contribution >= 4 is 39.1 Å². The number of fused-ring (bicyclic) bond motifs is 2. The number of nitrogens with one attached hydrogen (secondary N) is 1. The van der Waals surface area contributed by atoms with Crippen LogP contribution in [0.1, 0.15) is 63.9 Å². The van der Waals surface area contributed by atoms with Crippen LogP contribution in [-0.4, -0.2) is 30.1 Å². The van der Waals surface area contributed by atoms with Gasteiger partial charge in [0.2, 0.25) is 0 Å². The molecule has 1 amide bonds. The van der Waals surface area contributed by atoms with E-state index < -0.39 is 0 Å². The lowest BCUT2D eigenvalue weighted by Crippen LogP contribution is -2.19. The van der Waals surface area contributed by atoms with Gasteiger partial charge in [-0.05, 0) is 87.4 Å². The van der Waals surface area contributed by atoms with Crippen molar-refractivity contribution < 1.29 is 19.1 Å². The fourth-order valence-corrected chi connectivity index (χ4v) is 6.52. The number of nitrogens with zero attached hydrogens (tertiary/aromatic N) is 1. The Morgan fingerprint density at radius 1 is 1.08 bits per heavy atom. The summed E-state index contributed by atoms with van der Waals surface area (Å²) in [5.74, 6) is 0.651. The first-order chi connectivity index (χ1) is 18.3. The number of ether oxygens (including phenoxy) is 2. The van der Waals surface area contributed by atoms with Gasteiger partial charge in [-0.2, -0.15) is 0 Å². The van der Waals surface area contributed by atoms with E-state index in [1.807, 2.05) is 69.3 Å². The van der Waals surface area contributed by atoms with Gasteiger partial charge in [0.05, 0.1) is 35.6 Å². The van der Waals surface area contributed by atoms with E-state index in [9.17, 15) is 9.59 Å². The fourth-order valence-electron chi connectivity index (χ4n) is 5.12. The smallest absolute Gasteiger partial charge is 0.341 e. The molecule has 6 nitrogen and oxygen atoms in total. The van der Waals surface area contributed by atoms with E-state index in [4.69, 9.17) is 14.5 Å². The van der Waals surface area contributed by atoms with Crippen LogP contribution in [0.3, 0.4) is 0 Å². The van der Waals surface area contributed by atoms with Crippen LogP contribution in [0, 0.1) is 12.8 Å². The van der Waals surface area contributed by atoms with E-state index in [0.717, 1.165) is 63.2 Å². The molecule has 0 radical (unpaired) electrons. The standard InChI is InChI=1S/C31H32N2O4S/c1-17(2)37-31(35)27-23-15-10-18(3)16-25(23)38-30(27)33-29(34)26-19(4)28(20-11-13-21(36-5)14-12-20)32-24-9-7-6-8-22(24)26/h6-9,11-14,17-18H,10,15-16H2,1-5H3,(H,33,34). The van der Waals surface area contributed by atoms with Crippen molar-refractivity contribution in [3.05, 3.63) is 75.7 Å².